The molecule has 0 bridgehead atoms. The summed E-state index contributed by atoms with van der Waals surface area (Å²) in [5.74, 6) is 0.511. The van der Waals surface area contributed by atoms with Gasteiger partial charge in [0.2, 0.25) is 0 Å². The molecule has 1 atom stereocenters. The van der Waals surface area contributed by atoms with E-state index in [0.29, 0.717) is 6.04 Å². The fraction of sp³-hybridized carbons (Fsp3) is 0.588. The van der Waals surface area contributed by atoms with Gasteiger partial charge in [-0.25, -0.2) is 4.79 Å². The molecule has 1 unspecified atom stereocenters. The summed E-state index contributed by atoms with van der Waals surface area (Å²) in [4.78, 5) is 12.1. The minimum Gasteiger partial charge on any atom is -0.497 e. The molecule has 1 aromatic carbocycles. The van der Waals surface area contributed by atoms with Crippen molar-refractivity contribution in [3.63, 3.8) is 0 Å². The van der Waals surface area contributed by atoms with Crippen LogP contribution in [-0.4, -0.2) is 26.2 Å². The van der Waals surface area contributed by atoms with Crippen LogP contribution in [0, 0.1) is 0 Å². The van der Waals surface area contributed by atoms with Crippen molar-refractivity contribution in [1.29, 1.82) is 0 Å². The summed E-state index contributed by atoms with van der Waals surface area (Å²) >= 11 is 0. The Kier molecular flexibility index (Phi) is 6.05. The van der Waals surface area contributed by atoms with Crippen LogP contribution in [0.5, 0.6) is 5.75 Å². The molecule has 0 amide bonds. The lowest BCUT2D eigenvalue weighted by atomic mass is 10.0. The lowest BCUT2D eigenvalue weighted by molar-refractivity contribution is -0.143. The predicted molar refractivity (Wildman–Crippen MR) is 82.4 cm³/mol. The van der Waals surface area contributed by atoms with Gasteiger partial charge in [0.25, 0.3) is 0 Å². The summed E-state index contributed by atoms with van der Waals surface area (Å²) in [7, 11) is 3.06. The molecule has 1 aliphatic carbocycles. The van der Waals surface area contributed by atoms with Gasteiger partial charge in [-0.1, -0.05) is 37.8 Å². The first-order valence-corrected chi connectivity index (χ1v) is 7.72. The van der Waals surface area contributed by atoms with Crippen molar-refractivity contribution in [1.82, 2.24) is 5.32 Å². The fourth-order valence-electron chi connectivity index (χ4n) is 2.92. The summed E-state index contributed by atoms with van der Waals surface area (Å²) < 4.78 is 10.2. The topological polar surface area (TPSA) is 47.6 Å². The second kappa shape index (κ2) is 8.03. The van der Waals surface area contributed by atoms with Gasteiger partial charge in [-0.05, 0) is 30.5 Å². The predicted octanol–water partition coefficient (Wildman–Crippen LogP) is 3.22. The van der Waals surface area contributed by atoms with Crippen molar-refractivity contribution in [2.24, 2.45) is 0 Å². The molecule has 0 radical (unpaired) electrons. The van der Waals surface area contributed by atoms with Crippen LogP contribution in [0.15, 0.2) is 24.3 Å². The van der Waals surface area contributed by atoms with Gasteiger partial charge in [0, 0.05) is 6.04 Å². The van der Waals surface area contributed by atoms with Gasteiger partial charge in [-0.3, -0.25) is 5.32 Å². The van der Waals surface area contributed by atoms with E-state index in [1.54, 1.807) is 7.11 Å². The zero-order valence-electron chi connectivity index (χ0n) is 12.9. The number of benzene rings is 1. The third kappa shape index (κ3) is 4.46. The molecule has 0 heterocycles. The number of nitrogens with one attached hydrogen (secondary N) is 1. The Morgan fingerprint density at radius 1 is 1.19 bits per heavy atom. The molecule has 1 aliphatic rings. The van der Waals surface area contributed by atoms with Gasteiger partial charge in [0.1, 0.15) is 11.8 Å². The lowest BCUT2D eigenvalue weighted by Crippen LogP contribution is -2.37. The Morgan fingerprint density at radius 2 is 1.90 bits per heavy atom. The van der Waals surface area contributed by atoms with Crippen LogP contribution in [0.4, 0.5) is 0 Å². The molecule has 0 aromatic heterocycles. The molecule has 2 rings (SSSR count). The Morgan fingerprint density at radius 3 is 2.52 bits per heavy atom. The molecular weight excluding hydrogens is 266 g/mol. The second-order valence-electron chi connectivity index (χ2n) is 5.59. The quantitative estimate of drug-likeness (QED) is 0.668. The number of carbonyl (C=O) groups is 1. The van der Waals surface area contributed by atoms with Gasteiger partial charge >= 0.3 is 5.97 Å². The van der Waals surface area contributed by atoms with Crippen molar-refractivity contribution in [2.75, 3.05) is 14.2 Å². The normalized spacial score (nSPS) is 17.8. The number of methoxy groups -OCH3 is 2. The number of rotatable bonds is 5. The first-order chi connectivity index (χ1) is 10.2. The maximum absolute atomic E-state index is 12.1. The highest BCUT2D eigenvalue weighted by molar-refractivity contribution is 5.77. The van der Waals surface area contributed by atoms with Crippen LogP contribution in [0.2, 0.25) is 0 Å². The third-order valence-corrected chi connectivity index (χ3v) is 4.12. The van der Waals surface area contributed by atoms with Crippen molar-refractivity contribution in [2.45, 2.75) is 50.6 Å². The smallest absolute Gasteiger partial charge is 0.327 e. The summed E-state index contributed by atoms with van der Waals surface area (Å²) in [5, 5.41) is 3.48. The second-order valence-corrected chi connectivity index (χ2v) is 5.59. The van der Waals surface area contributed by atoms with Crippen LogP contribution in [0.1, 0.15) is 50.1 Å². The van der Waals surface area contributed by atoms with Gasteiger partial charge in [0.05, 0.1) is 14.2 Å². The Bertz CT molecular complexity index is 453. The fourth-order valence-corrected chi connectivity index (χ4v) is 2.92. The molecule has 21 heavy (non-hydrogen) atoms. The van der Waals surface area contributed by atoms with E-state index in [1.807, 2.05) is 24.3 Å². The monoisotopic (exact) mass is 291 g/mol. The van der Waals surface area contributed by atoms with Gasteiger partial charge in [0.15, 0.2) is 0 Å². The molecule has 1 saturated carbocycles. The molecule has 0 saturated heterocycles. The number of ether oxygens (including phenoxy) is 2. The van der Waals surface area contributed by atoms with Crippen LogP contribution in [0.25, 0.3) is 0 Å². The van der Waals surface area contributed by atoms with Crippen LogP contribution >= 0.6 is 0 Å². The first-order valence-electron chi connectivity index (χ1n) is 7.72. The van der Waals surface area contributed by atoms with Crippen molar-refractivity contribution in [3.05, 3.63) is 29.8 Å². The highest BCUT2D eigenvalue weighted by Gasteiger charge is 2.25. The van der Waals surface area contributed by atoms with Crippen LogP contribution in [0.3, 0.4) is 0 Å². The van der Waals surface area contributed by atoms with E-state index in [0.717, 1.165) is 24.2 Å². The first kappa shape index (κ1) is 15.8. The molecule has 4 heteroatoms. The number of carbonyl (C=O) groups excluding carboxylic acids is 1. The molecular formula is C17H25NO3. The van der Waals surface area contributed by atoms with Crippen LogP contribution in [-0.2, 0) is 9.53 Å². The molecule has 0 aliphatic heterocycles. The molecule has 0 spiro atoms. The maximum atomic E-state index is 12.1. The molecule has 1 aromatic rings. The van der Waals surface area contributed by atoms with Gasteiger partial charge < -0.3 is 9.47 Å². The number of esters is 1. The Balaban J connectivity index is 2.14. The average molecular weight is 291 g/mol. The van der Waals surface area contributed by atoms with E-state index in [4.69, 9.17) is 9.47 Å². The van der Waals surface area contributed by atoms with E-state index < -0.39 is 6.04 Å². The third-order valence-electron chi connectivity index (χ3n) is 4.12. The van der Waals surface area contributed by atoms with Crippen molar-refractivity contribution in [3.8, 4) is 5.75 Å². The largest absolute Gasteiger partial charge is 0.497 e. The van der Waals surface area contributed by atoms with E-state index in [1.165, 1.54) is 32.8 Å². The molecule has 4 nitrogen and oxygen atoms in total. The summed E-state index contributed by atoms with van der Waals surface area (Å²) in [6.45, 7) is 0. The molecule has 1 fully saturated rings. The van der Waals surface area contributed by atoms with E-state index >= 15 is 0 Å². The minimum absolute atomic E-state index is 0.243. The Labute approximate surface area is 126 Å². The highest BCUT2D eigenvalue weighted by Crippen LogP contribution is 2.24. The van der Waals surface area contributed by atoms with E-state index in [2.05, 4.69) is 5.32 Å². The number of hydrogen-bond donors (Lipinski definition) is 1. The maximum Gasteiger partial charge on any atom is 0.327 e. The van der Waals surface area contributed by atoms with Gasteiger partial charge in [-0.15, -0.1) is 0 Å². The Hall–Kier alpha value is -1.55. The minimum atomic E-state index is -0.423. The number of hydrogen-bond acceptors (Lipinski definition) is 4. The van der Waals surface area contributed by atoms with E-state index in [9.17, 15) is 4.79 Å². The highest BCUT2D eigenvalue weighted by atomic mass is 16.5. The zero-order chi connectivity index (χ0) is 15.1. The summed E-state index contributed by atoms with van der Waals surface area (Å²) in [6.07, 6.45) is 7.28. The lowest BCUT2D eigenvalue weighted by Gasteiger charge is -2.23. The van der Waals surface area contributed by atoms with Crippen LogP contribution < -0.4 is 10.1 Å². The average Bonchev–Trinajstić information content (AvgIpc) is 2.80. The molecule has 116 valence electrons. The van der Waals surface area contributed by atoms with Gasteiger partial charge in [-0.2, -0.15) is 0 Å². The standard InChI is InChI=1S/C17H25NO3/c1-20-15-11-7-8-13(12-15)16(17(19)21-2)18-14-9-5-3-4-6-10-14/h7-8,11-12,14,16,18H,3-6,9-10H2,1-2H3. The van der Waals surface area contributed by atoms with Crippen molar-refractivity contribution < 1.29 is 14.3 Å². The van der Waals surface area contributed by atoms with Crippen molar-refractivity contribution >= 4 is 5.97 Å². The van der Waals surface area contributed by atoms with E-state index in [-0.39, 0.29) is 5.97 Å². The summed E-state index contributed by atoms with van der Waals surface area (Å²) in [6, 6.07) is 7.57. The summed E-state index contributed by atoms with van der Waals surface area (Å²) in [5.41, 5.74) is 0.894. The SMILES string of the molecule is COC(=O)C(NC1CCCCCC1)c1cccc(OC)c1. The molecule has 1 N–H and O–H groups in total. The zero-order valence-corrected chi connectivity index (χ0v) is 12.9.